The number of carbonyl (C=O) groups excluding carboxylic acids is 4. The minimum absolute atomic E-state index is 0.0196. The number of carbonyl (C=O) groups is 4. The average molecular weight is 590 g/mol. The fourth-order valence-corrected chi connectivity index (χ4v) is 4.76. The minimum atomic E-state index is -0.977. The lowest BCUT2D eigenvalue weighted by molar-refractivity contribution is -0.147. The summed E-state index contributed by atoms with van der Waals surface area (Å²) in [5, 5.41) is 5.70. The Bertz CT molecular complexity index is 1050. The van der Waals surface area contributed by atoms with Crippen LogP contribution in [0, 0.1) is 25.7 Å². The molecule has 1 aromatic rings. The summed E-state index contributed by atoms with van der Waals surface area (Å²) >= 11 is 0. The first-order valence-corrected chi connectivity index (χ1v) is 15.3. The number of nitrogens with one attached hydrogen (secondary N) is 2. The Morgan fingerprint density at radius 3 is 2.14 bits per heavy atom. The summed E-state index contributed by atoms with van der Waals surface area (Å²) in [4.78, 5) is 55.1. The van der Waals surface area contributed by atoms with E-state index in [0.29, 0.717) is 24.3 Å². The molecule has 0 bridgehead atoms. The molecular weight excluding hydrogens is 534 g/mol. The first-order chi connectivity index (χ1) is 19.5. The molecule has 0 aromatic heterocycles. The van der Waals surface area contributed by atoms with Gasteiger partial charge in [-0.05, 0) is 84.3 Å². The third-order valence-corrected chi connectivity index (χ3v) is 7.22. The largest absolute Gasteiger partial charge is 0.466 e. The van der Waals surface area contributed by atoms with Gasteiger partial charge < -0.3 is 25.0 Å². The molecule has 42 heavy (non-hydrogen) atoms. The lowest BCUT2D eigenvalue weighted by Crippen LogP contribution is -2.57. The number of esters is 1. The highest BCUT2D eigenvalue weighted by Crippen LogP contribution is 2.31. The fraction of sp³-hybridized carbons (Fsp3) is 0.697. The van der Waals surface area contributed by atoms with E-state index in [2.05, 4.69) is 24.5 Å². The van der Waals surface area contributed by atoms with Gasteiger partial charge in [0.25, 0.3) is 0 Å². The van der Waals surface area contributed by atoms with E-state index in [9.17, 15) is 19.2 Å². The zero-order valence-corrected chi connectivity index (χ0v) is 27.8. The van der Waals surface area contributed by atoms with Gasteiger partial charge in [0.2, 0.25) is 11.8 Å². The average Bonchev–Trinajstić information content (AvgIpc) is 2.87. The zero-order chi connectivity index (χ0) is 32.2. The number of amides is 3. The van der Waals surface area contributed by atoms with E-state index in [1.165, 1.54) is 0 Å². The molecule has 0 heterocycles. The van der Waals surface area contributed by atoms with Crippen LogP contribution in [0.5, 0.6) is 0 Å². The number of hydrogen-bond donors (Lipinski definition) is 2. The molecule has 2 N–H and O–H groups in total. The molecule has 238 valence electrons. The maximum absolute atomic E-state index is 14.6. The summed E-state index contributed by atoms with van der Waals surface area (Å²) in [6.45, 7) is 21.3. The first kappa shape index (κ1) is 36.9. The van der Waals surface area contributed by atoms with Gasteiger partial charge in [0.1, 0.15) is 17.7 Å². The molecule has 0 fully saturated rings. The Balaban J connectivity index is 3.67. The van der Waals surface area contributed by atoms with Crippen molar-refractivity contribution in [2.75, 3.05) is 13.2 Å². The predicted octanol–water partition coefficient (Wildman–Crippen LogP) is 6.01. The lowest BCUT2D eigenvalue weighted by Gasteiger charge is -2.40. The summed E-state index contributed by atoms with van der Waals surface area (Å²) in [6, 6.07) is 3.58. The van der Waals surface area contributed by atoms with Gasteiger partial charge in [0.15, 0.2) is 0 Å². The second kappa shape index (κ2) is 17.1. The number of rotatable bonds is 15. The Labute approximate surface area is 253 Å². The van der Waals surface area contributed by atoms with E-state index in [0.717, 1.165) is 17.5 Å². The molecule has 3 amide bonds. The van der Waals surface area contributed by atoms with Crippen LogP contribution < -0.4 is 10.6 Å². The SMILES string of the molecule is CCOC(=O)CCNC(=O)C(c1ccc(C)cc1C)N(C(=O)C(NC(=O)OC(C)(C)C)C(C)CC)C(C)CCC(C)C. The maximum Gasteiger partial charge on any atom is 0.408 e. The van der Waals surface area contributed by atoms with Gasteiger partial charge >= 0.3 is 12.1 Å². The lowest BCUT2D eigenvalue weighted by atomic mass is 9.91. The normalized spacial score (nSPS) is 14.4. The van der Waals surface area contributed by atoms with Crippen molar-refractivity contribution in [2.45, 2.75) is 126 Å². The van der Waals surface area contributed by atoms with Crippen molar-refractivity contribution in [1.29, 1.82) is 0 Å². The smallest absolute Gasteiger partial charge is 0.408 e. The Morgan fingerprint density at radius 2 is 1.62 bits per heavy atom. The molecule has 4 unspecified atom stereocenters. The topological polar surface area (TPSA) is 114 Å². The molecule has 9 heteroatoms. The van der Waals surface area contributed by atoms with Gasteiger partial charge in [0.05, 0.1) is 13.0 Å². The molecule has 4 atom stereocenters. The van der Waals surface area contributed by atoms with Crippen molar-refractivity contribution in [1.82, 2.24) is 15.5 Å². The second-order valence-electron chi connectivity index (χ2n) is 12.7. The number of aryl methyl sites for hydroxylation is 2. The van der Waals surface area contributed by atoms with Gasteiger partial charge in [-0.25, -0.2) is 4.79 Å². The second-order valence-corrected chi connectivity index (χ2v) is 12.7. The molecule has 0 aliphatic rings. The first-order valence-electron chi connectivity index (χ1n) is 15.3. The number of alkyl carbamates (subject to hydrolysis) is 1. The van der Waals surface area contributed by atoms with Crippen LogP contribution in [0.1, 0.15) is 111 Å². The van der Waals surface area contributed by atoms with Crippen molar-refractivity contribution in [2.24, 2.45) is 11.8 Å². The number of benzene rings is 1. The van der Waals surface area contributed by atoms with Crippen LogP contribution in [-0.4, -0.2) is 59.6 Å². The van der Waals surface area contributed by atoms with E-state index >= 15 is 0 Å². The summed E-state index contributed by atoms with van der Waals surface area (Å²) in [5.41, 5.74) is 1.86. The van der Waals surface area contributed by atoms with Gasteiger partial charge in [-0.1, -0.05) is 57.9 Å². The van der Waals surface area contributed by atoms with Crippen LogP contribution >= 0.6 is 0 Å². The molecule has 1 rings (SSSR count). The maximum atomic E-state index is 14.6. The molecule has 0 radical (unpaired) electrons. The van der Waals surface area contributed by atoms with Crippen LogP contribution in [0.4, 0.5) is 4.79 Å². The van der Waals surface area contributed by atoms with Crippen molar-refractivity contribution in [3.63, 3.8) is 0 Å². The number of nitrogens with zero attached hydrogens (tertiary/aromatic N) is 1. The molecule has 0 saturated heterocycles. The molecule has 9 nitrogen and oxygen atoms in total. The highest BCUT2D eigenvalue weighted by molar-refractivity contribution is 5.93. The van der Waals surface area contributed by atoms with E-state index < -0.39 is 35.7 Å². The zero-order valence-electron chi connectivity index (χ0n) is 27.8. The van der Waals surface area contributed by atoms with E-state index in [-0.39, 0.29) is 37.4 Å². The molecular formula is C33H55N3O6. The van der Waals surface area contributed by atoms with Crippen molar-refractivity contribution < 1.29 is 28.7 Å². The summed E-state index contributed by atoms with van der Waals surface area (Å²) in [5.74, 6) is -0.977. The van der Waals surface area contributed by atoms with Crippen LogP contribution in [-0.2, 0) is 23.9 Å². The molecule has 0 saturated carbocycles. The highest BCUT2D eigenvalue weighted by Gasteiger charge is 2.40. The quantitative estimate of drug-likeness (QED) is 0.242. The van der Waals surface area contributed by atoms with Gasteiger partial charge in [0, 0.05) is 12.6 Å². The van der Waals surface area contributed by atoms with Crippen LogP contribution in [0.3, 0.4) is 0 Å². The van der Waals surface area contributed by atoms with Crippen molar-refractivity contribution in [3.05, 3.63) is 34.9 Å². The molecule has 0 aliphatic heterocycles. The summed E-state index contributed by atoms with van der Waals surface area (Å²) in [6.07, 6.45) is 1.48. The van der Waals surface area contributed by atoms with Crippen LogP contribution in [0.25, 0.3) is 0 Å². The van der Waals surface area contributed by atoms with Gasteiger partial charge in [-0.15, -0.1) is 0 Å². The molecule has 0 aliphatic carbocycles. The Morgan fingerprint density at radius 1 is 0.976 bits per heavy atom. The third-order valence-electron chi connectivity index (χ3n) is 7.22. The molecule has 0 spiro atoms. The fourth-order valence-electron chi connectivity index (χ4n) is 4.76. The highest BCUT2D eigenvalue weighted by atomic mass is 16.6. The van der Waals surface area contributed by atoms with E-state index in [4.69, 9.17) is 9.47 Å². The van der Waals surface area contributed by atoms with Gasteiger partial charge in [-0.2, -0.15) is 0 Å². The third kappa shape index (κ3) is 12.0. The summed E-state index contributed by atoms with van der Waals surface area (Å²) < 4.78 is 10.5. The monoisotopic (exact) mass is 589 g/mol. The summed E-state index contributed by atoms with van der Waals surface area (Å²) in [7, 11) is 0. The van der Waals surface area contributed by atoms with Gasteiger partial charge in [-0.3, -0.25) is 14.4 Å². The Hall–Kier alpha value is -3.10. The standard InChI is InChI=1S/C33H55N3O6/c1-12-23(6)28(35-32(40)42-33(9,10)11)31(39)36(25(8)16-14-21(3)4)29(26-17-15-22(5)20-24(26)7)30(38)34-19-18-27(37)41-13-2/h15,17,20-21,23,25,28-29H,12-14,16,18-19H2,1-11H3,(H,34,38)(H,35,40). The van der Waals surface area contributed by atoms with Crippen LogP contribution in [0.2, 0.25) is 0 Å². The van der Waals surface area contributed by atoms with Crippen LogP contribution in [0.15, 0.2) is 18.2 Å². The van der Waals surface area contributed by atoms with Crippen molar-refractivity contribution >= 4 is 23.9 Å². The number of ether oxygens (including phenoxy) is 2. The number of hydrogen-bond acceptors (Lipinski definition) is 6. The Kier molecular flexibility index (Phi) is 15.1. The van der Waals surface area contributed by atoms with E-state index in [1.54, 1.807) is 32.6 Å². The molecule has 1 aromatic carbocycles. The minimum Gasteiger partial charge on any atom is -0.466 e. The van der Waals surface area contributed by atoms with E-state index in [1.807, 2.05) is 52.8 Å². The van der Waals surface area contributed by atoms with Crippen molar-refractivity contribution in [3.8, 4) is 0 Å². The predicted molar refractivity (Wildman–Crippen MR) is 166 cm³/mol.